The highest BCUT2D eigenvalue weighted by Gasteiger charge is 2.30. The lowest BCUT2D eigenvalue weighted by molar-refractivity contribution is -0.137. The molecule has 2 aromatic rings. The third-order valence-electron chi connectivity index (χ3n) is 3.40. The number of allylic oxidation sites excluding steroid dienone is 4. The van der Waals surface area contributed by atoms with Crippen molar-refractivity contribution in [3.8, 4) is 0 Å². The number of hydrogen-bond donors (Lipinski definition) is 0. The molecule has 0 saturated carbocycles. The smallest absolute Gasteiger partial charge is 0.299 e. The van der Waals surface area contributed by atoms with Crippen molar-refractivity contribution >= 4 is 16.7 Å². The van der Waals surface area contributed by atoms with Crippen LogP contribution in [0.3, 0.4) is 0 Å². The first-order chi connectivity index (χ1) is 9.45. The minimum atomic E-state index is -4.34. The van der Waals surface area contributed by atoms with Gasteiger partial charge in [0.1, 0.15) is 6.33 Å². The summed E-state index contributed by atoms with van der Waals surface area (Å²) in [5.41, 5.74) is 1.32. The zero-order valence-corrected chi connectivity index (χ0v) is 10.9. The van der Waals surface area contributed by atoms with Gasteiger partial charge in [-0.1, -0.05) is 19.1 Å². The van der Waals surface area contributed by atoms with Crippen LogP contribution in [0.5, 0.6) is 0 Å². The molecule has 0 fully saturated rings. The third kappa shape index (κ3) is 2.24. The largest absolute Gasteiger partial charge is 0.416 e. The number of halogens is 3. The summed E-state index contributed by atoms with van der Waals surface area (Å²) in [6.45, 7) is 2.10. The Bertz CT molecular complexity index is 707. The molecule has 20 heavy (non-hydrogen) atoms. The Morgan fingerprint density at radius 1 is 1.30 bits per heavy atom. The molecule has 3 rings (SSSR count). The molecule has 1 aromatic heterocycles. The predicted molar refractivity (Wildman–Crippen MR) is 71.9 cm³/mol. The monoisotopic (exact) mass is 278 g/mol. The maximum absolute atomic E-state index is 12.7. The molecule has 1 aliphatic rings. The van der Waals surface area contributed by atoms with Crippen LogP contribution >= 0.6 is 0 Å². The van der Waals surface area contributed by atoms with Crippen LogP contribution in [0.4, 0.5) is 13.2 Å². The van der Waals surface area contributed by atoms with E-state index in [4.69, 9.17) is 0 Å². The Morgan fingerprint density at radius 2 is 2.10 bits per heavy atom. The van der Waals surface area contributed by atoms with Crippen molar-refractivity contribution in [2.45, 2.75) is 19.5 Å². The highest BCUT2D eigenvalue weighted by Crippen LogP contribution is 2.32. The van der Waals surface area contributed by atoms with Crippen LogP contribution in [0.1, 0.15) is 18.9 Å². The molecule has 104 valence electrons. The van der Waals surface area contributed by atoms with Gasteiger partial charge >= 0.3 is 6.18 Å². The molecule has 1 atom stereocenters. The Hall–Kier alpha value is -2.04. The van der Waals surface area contributed by atoms with Gasteiger partial charge in [-0.15, -0.1) is 0 Å². The fraction of sp³-hybridized carbons (Fsp3) is 0.267. The summed E-state index contributed by atoms with van der Waals surface area (Å²) in [6, 6.07) is 3.65. The van der Waals surface area contributed by atoms with Crippen LogP contribution in [0.2, 0.25) is 0 Å². The minimum absolute atomic E-state index is 0.354. The summed E-state index contributed by atoms with van der Waals surface area (Å²) in [6.07, 6.45) is 4.34. The van der Waals surface area contributed by atoms with E-state index in [0.717, 1.165) is 24.3 Å². The van der Waals surface area contributed by atoms with E-state index >= 15 is 0 Å². The number of fused-ring (bicyclic) bond motifs is 1. The van der Waals surface area contributed by atoms with Crippen molar-refractivity contribution in [2.24, 2.45) is 5.92 Å². The fourth-order valence-corrected chi connectivity index (χ4v) is 2.37. The third-order valence-corrected chi connectivity index (χ3v) is 3.40. The zero-order chi connectivity index (χ0) is 14.3. The SMILES string of the molecule is CC1C=C(n2cnc3cc(C(F)(F)F)ccc32)C=CC1. The minimum Gasteiger partial charge on any atom is -0.299 e. The number of aromatic nitrogens is 2. The zero-order valence-electron chi connectivity index (χ0n) is 10.9. The molecule has 0 bridgehead atoms. The van der Waals surface area contributed by atoms with Gasteiger partial charge in [0.2, 0.25) is 0 Å². The van der Waals surface area contributed by atoms with Crippen molar-refractivity contribution in [1.29, 1.82) is 0 Å². The second-order valence-corrected chi connectivity index (χ2v) is 5.02. The number of benzene rings is 1. The Balaban J connectivity index is 2.09. The van der Waals surface area contributed by atoms with E-state index in [0.29, 0.717) is 17.0 Å². The van der Waals surface area contributed by atoms with E-state index in [1.807, 2.05) is 10.6 Å². The lowest BCUT2D eigenvalue weighted by Gasteiger charge is -2.14. The molecule has 1 aliphatic carbocycles. The molecule has 1 heterocycles. The van der Waals surface area contributed by atoms with E-state index in [1.165, 1.54) is 6.07 Å². The van der Waals surface area contributed by atoms with Crippen LogP contribution in [-0.2, 0) is 6.18 Å². The van der Waals surface area contributed by atoms with Crippen LogP contribution in [0, 0.1) is 5.92 Å². The number of rotatable bonds is 1. The van der Waals surface area contributed by atoms with Gasteiger partial charge in [0.15, 0.2) is 0 Å². The molecule has 0 N–H and O–H groups in total. The van der Waals surface area contributed by atoms with Crippen molar-refractivity contribution in [3.63, 3.8) is 0 Å². The Labute approximate surface area is 114 Å². The fourth-order valence-electron chi connectivity index (χ4n) is 2.37. The van der Waals surface area contributed by atoms with Gasteiger partial charge in [0.05, 0.1) is 16.6 Å². The van der Waals surface area contributed by atoms with Crippen molar-refractivity contribution < 1.29 is 13.2 Å². The highest BCUT2D eigenvalue weighted by molar-refractivity contribution is 5.81. The predicted octanol–water partition coefficient (Wildman–Crippen LogP) is 4.49. The van der Waals surface area contributed by atoms with Crippen molar-refractivity contribution in [3.05, 3.63) is 48.3 Å². The number of imidazole rings is 1. The summed E-state index contributed by atoms with van der Waals surface area (Å²) in [5.74, 6) is 0.418. The number of nitrogens with zero attached hydrogens (tertiary/aromatic N) is 2. The topological polar surface area (TPSA) is 17.8 Å². The average molecular weight is 278 g/mol. The van der Waals surface area contributed by atoms with Gasteiger partial charge in [0.25, 0.3) is 0 Å². The van der Waals surface area contributed by atoms with Gasteiger partial charge < -0.3 is 0 Å². The molecule has 0 amide bonds. The average Bonchev–Trinajstić information content (AvgIpc) is 2.80. The highest BCUT2D eigenvalue weighted by atomic mass is 19.4. The molecule has 5 heteroatoms. The van der Waals surface area contributed by atoms with Crippen LogP contribution < -0.4 is 0 Å². The lowest BCUT2D eigenvalue weighted by Crippen LogP contribution is -2.04. The molecule has 0 saturated heterocycles. The molecule has 0 aliphatic heterocycles. The van der Waals surface area contributed by atoms with Gasteiger partial charge in [0, 0.05) is 5.70 Å². The van der Waals surface area contributed by atoms with Gasteiger partial charge in [-0.3, -0.25) is 4.57 Å². The van der Waals surface area contributed by atoms with Crippen molar-refractivity contribution in [2.75, 3.05) is 0 Å². The molecular formula is C15H13F3N2. The summed E-state index contributed by atoms with van der Waals surface area (Å²) in [7, 11) is 0. The molecule has 0 spiro atoms. The van der Waals surface area contributed by atoms with E-state index in [9.17, 15) is 13.2 Å². The summed E-state index contributed by atoms with van der Waals surface area (Å²) in [5, 5.41) is 0. The molecule has 1 aromatic carbocycles. The summed E-state index contributed by atoms with van der Waals surface area (Å²) >= 11 is 0. The maximum Gasteiger partial charge on any atom is 0.416 e. The second kappa shape index (κ2) is 4.51. The first kappa shape index (κ1) is 13.0. The quantitative estimate of drug-likeness (QED) is 0.751. The summed E-state index contributed by atoms with van der Waals surface area (Å²) in [4.78, 5) is 4.08. The van der Waals surface area contributed by atoms with Crippen LogP contribution in [0.25, 0.3) is 16.7 Å². The number of hydrogen-bond acceptors (Lipinski definition) is 1. The normalized spacial score (nSPS) is 19.4. The standard InChI is InChI=1S/C15H13F3N2/c1-10-3-2-4-12(7-10)20-9-19-13-8-11(15(16,17)18)5-6-14(13)20/h2,4-10H,3H2,1H3. The lowest BCUT2D eigenvalue weighted by atomic mass is 10.0. The Morgan fingerprint density at radius 3 is 2.80 bits per heavy atom. The molecular weight excluding hydrogens is 265 g/mol. The van der Waals surface area contributed by atoms with Gasteiger partial charge in [-0.05, 0) is 36.6 Å². The molecule has 0 radical (unpaired) electrons. The Kier molecular flexibility index (Phi) is 2.92. The van der Waals surface area contributed by atoms with E-state index in [2.05, 4.69) is 24.1 Å². The van der Waals surface area contributed by atoms with Crippen molar-refractivity contribution in [1.82, 2.24) is 9.55 Å². The van der Waals surface area contributed by atoms with Crippen LogP contribution in [-0.4, -0.2) is 9.55 Å². The van der Waals surface area contributed by atoms with Gasteiger partial charge in [-0.2, -0.15) is 13.2 Å². The summed E-state index contributed by atoms with van der Waals surface area (Å²) < 4.78 is 39.8. The van der Waals surface area contributed by atoms with E-state index < -0.39 is 11.7 Å². The number of alkyl halides is 3. The van der Waals surface area contributed by atoms with E-state index in [1.54, 1.807) is 6.33 Å². The van der Waals surface area contributed by atoms with Crippen LogP contribution in [0.15, 0.2) is 42.8 Å². The van der Waals surface area contributed by atoms with E-state index in [-0.39, 0.29) is 0 Å². The molecule has 2 nitrogen and oxygen atoms in total. The first-order valence-corrected chi connectivity index (χ1v) is 6.38. The molecule has 1 unspecified atom stereocenters. The van der Waals surface area contributed by atoms with Gasteiger partial charge in [-0.25, -0.2) is 4.98 Å². The first-order valence-electron chi connectivity index (χ1n) is 6.38. The maximum atomic E-state index is 12.7. The second-order valence-electron chi connectivity index (χ2n) is 5.02.